The zero-order chi connectivity index (χ0) is 54.0. The molecule has 0 bridgehead atoms. The second kappa shape index (κ2) is 26.6. The van der Waals surface area contributed by atoms with Gasteiger partial charge in [0.05, 0.1) is 34.5 Å². The molecule has 5 aliphatic rings. The van der Waals surface area contributed by atoms with Crippen molar-refractivity contribution in [2.24, 2.45) is 52.8 Å². The lowest BCUT2D eigenvalue weighted by atomic mass is 9.51. The molecule has 9 rings (SSSR count). The average molecular weight is 1030 g/mol. The average Bonchev–Trinajstić information content (AvgIpc) is 3.75. The molecule has 0 radical (unpaired) electrons. The molecule has 0 spiro atoms. The summed E-state index contributed by atoms with van der Waals surface area (Å²) in [4.78, 5) is 4.76. The molecule has 0 aromatic heterocycles. The highest BCUT2D eigenvalue weighted by Gasteiger charge is 2.56. The first-order chi connectivity index (χ1) is 36.2. The lowest BCUT2D eigenvalue weighted by Gasteiger charge is -2.53. The number of ether oxygens (including phenoxy) is 5. The topological polar surface area (TPSA) is 93.1 Å². The minimum absolute atomic E-state index is 0.408. The summed E-state index contributed by atoms with van der Waals surface area (Å²) in [6, 6.07) is 22.7. The van der Waals surface area contributed by atoms with Crippen LogP contribution in [0, 0.1) is 52.8 Å². The van der Waals surface area contributed by atoms with E-state index in [1.54, 1.807) is 21.3 Å². The number of nitrogens with zero attached hydrogens (tertiary/aromatic N) is 2. The molecule has 3 fully saturated rings. The van der Waals surface area contributed by atoms with Crippen LogP contribution in [-0.2, 0) is 25.9 Å². The Morgan fingerprint density at radius 3 is 1.65 bits per heavy atom. The number of benzene rings is 4. The van der Waals surface area contributed by atoms with Crippen molar-refractivity contribution in [3.05, 3.63) is 100 Å². The second-order valence-corrected chi connectivity index (χ2v) is 23.4. The molecule has 0 heterocycles. The van der Waals surface area contributed by atoms with Gasteiger partial charge in [0, 0.05) is 13.1 Å². The van der Waals surface area contributed by atoms with Gasteiger partial charge in [-0.05, 0) is 237 Å². The van der Waals surface area contributed by atoms with E-state index in [0.717, 1.165) is 135 Å². The van der Waals surface area contributed by atoms with E-state index >= 15 is 0 Å². The maximum atomic E-state index is 10.0. The molecular formula is C66H98N2O7. The third-order valence-electron chi connectivity index (χ3n) is 19.4. The van der Waals surface area contributed by atoms with Gasteiger partial charge in [0.15, 0.2) is 23.0 Å². The fourth-order valence-electron chi connectivity index (χ4n) is 15.5. The molecule has 5 aliphatic carbocycles. The highest BCUT2D eigenvalue weighted by Crippen LogP contribution is 2.65. The minimum atomic E-state index is 0.408. The molecule has 2 N–H and O–H groups in total. The van der Waals surface area contributed by atoms with E-state index in [-0.39, 0.29) is 0 Å². The summed E-state index contributed by atoms with van der Waals surface area (Å²) in [6.45, 7) is 30.3. The van der Waals surface area contributed by atoms with Crippen LogP contribution in [0.25, 0.3) is 0 Å². The SMILES string of the molecule is CCC1C(C)CCC2c3ccc(O)cc3C[C@@H](C)C21.CCN(CC)Cc1ccc(OCCC2CCC3C4C(CCC23C)c2ccc(O)cc2C[C@H]4C)c(OC)c1.CCOc1c(OC)cc(CN(CC)CC)cc1OC. The summed E-state index contributed by atoms with van der Waals surface area (Å²) in [5.41, 5.74) is 8.69. The Morgan fingerprint density at radius 1 is 0.560 bits per heavy atom. The number of phenolic OH excluding ortho intramolecular Hbond substituents is 2. The first kappa shape index (κ1) is 58.1. The molecule has 9 heteroatoms. The van der Waals surface area contributed by atoms with Crippen LogP contribution in [0.2, 0.25) is 0 Å². The first-order valence-corrected chi connectivity index (χ1v) is 29.4. The summed E-state index contributed by atoms with van der Waals surface area (Å²) >= 11 is 0. The van der Waals surface area contributed by atoms with E-state index < -0.39 is 0 Å². The Bertz CT molecular complexity index is 2410. The van der Waals surface area contributed by atoms with E-state index in [1.165, 1.54) is 78.3 Å². The van der Waals surface area contributed by atoms with Crippen molar-refractivity contribution in [2.75, 3.05) is 60.7 Å². The summed E-state index contributed by atoms with van der Waals surface area (Å²) in [5.74, 6) is 12.4. The Hall–Kier alpha value is -4.60. The van der Waals surface area contributed by atoms with Gasteiger partial charge in [-0.3, -0.25) is 9.80 Å². The van der Waals surface area contributed by atoms with Crippen molar-refractivity contribution in [3.8, 4) is 40.2 Å². The molecule has 3 saturated carbocycles. The smallest absolute Gasteiger partial charge is 0.203 e. The van der Waals surface area contributed by atoms with Gasteiger partial charge in [-0.15, -0.1) is 0 Å². The van der Waals surface area contributed by atoms with E-state index in [9.17, 15) is 10.2 Å². The predicted molar refractivity (Wildman–Crippen MR) is 307 cm³/mol. The quantitative estimate of drug-likeness (QED) is 0.101. The van der Waals surface area contributed by atoms with Crippen molar-refractivity contribution in [2.45, 2.75) is 158 Å². The van der Waals surface area contributed by atoms with Crippen LogP contribution < -0.4 is 23.7 Å². The summed E-state index contributed by atoms with van der Waals surface area (Å²) in [5, 5.41) is 19.8. The molecular weight excluding hydrogens is 933 g/mol. The molecule has 11 atom stereocenters. The molecule has 0 aliphatic heterocycles. The number of aromatic hydroxyl groups is 2. The van der Waals surface area contributed by atoms with Gasteiger partial charge in [0.2, 0.25) is 5.75 Å². The van der Waals surface area contributed by atoms with Crippen LogP contribution in [-0.4, -0.2) is 80.7 Å². The first-order valence-electron chi connectivity index (χ1n) is 29.4. The maximum absolute atomic E-state index is 10.0. The van der Waals surface area contributed by atoms with Crippen molar-refractivity contribution < 1.29 is 33.9 Å². The second-order valence-electron chi connectivity index (χ2n) is 23.4. The van der Waals surface area contributed by atoms with Crippen molar-refractivity contribution in [1.82, 2.24) is 9.80 Å². The van der Waals surface area contributed by atoms with Crippen molar-refractivity contribution in [1.29, 1.82) is 0 Å². The van der Waals surface area contributed by atoms with Crippen LogP contribution in [0.5, 0.6) is 40.2 Å². The Morgan fingerprint density at radius 2 is 1.11 bits per heavy atom. The van der Waals surface area contributed by atoms with Gasteiger partial charge in [-0.2, -0.15) is 0 Å². The monoisotopic (exact) mass is 1030 g/mol. The highest BCUT2D eigenvalue weighted by molar-refractivity contribution is 5.54. The van der Waals surface area contributed by atoms with Crippen LogP contribution in [0.1, 0.15) is 166 Å². The third kappa shape index (κ3) is 13.1. The number of hydrogen-bond donors (Lipinski definition) is 2. The highest BCUT2D eigenvalue weighted by atomic mass is 16.5. The van der Waals surface area contributed by atoms with Crippen LogP contribution in [0.15, 0.2) is 66.7 Å². The number of hydrogen-bond acceptors (Lipinski definition) is 9. The van der Waals surface area contributed by atoms with Gasteiger partial charge in [0.1, 0.15) is 11.5 Å². The summed E-state index contributed by atoms with van der Waals surface area (Å²) < 4.78 is 28.5. The summed E-state index contributed by atoms with van der Waals surface area (Å²) in [6.07, 6.45) is 12.7. The summed E-state index contributed by atoms with van der Waals surface area (Å²) in [7, 11) is 5.05. The van der Waals surface area contributed by atoms with Gasteiger partial charge < -0.3 is 33.9 Å². The number of phenols is 2. The zero-order valence-electron chi connectivity index (χ0n) is 48.7. The fourth-order valence-corrected chi connectivity index (χ4v) is 15.5. The maximum Gasteiger partial charge on any atom is 0.203 e. The van der Waals surface area contributed by atoms with E-state index in [4.69, 9.17) is 23.7 Å². The van der Waals surface area contributed by atoms with Gasteiger partial charge in [0.25, 0.3) is 0 Å². The Balaban J connectivity index is 0.000000182. The molecule has 0 amide bonds. The minimum Gasteiger partial charge on any atom is -0.508 e. The van der Waals surface area contributed by atoms with Crippen LogP contribution in [0.3, 0.4) is 0 Å². The van der Waals surface area contributed by atoms with Gasteiger partial charge >= 0.3 is 0 Å². The van der Waals surface area contributed by atoms with Crippen molar-refractivity contribution >= 4 is 0 Å². The molecule has 9 unspecified atom stereocenters. The molecule has 0 saturated heterocycles. The number of methoxy groups -OCH3 is 3. The largest absolute Gasteiger partial charge is 0.508 e. The third-order valence-corrected chi connectivity index (χ3v) is 19.4. The molecule has 75 heavy (non-hydrogen) atoms. The van der Waals surface area contributed by atoms with Crippen LogP contribution >= 0.6 is 0 Å². The van der Waals surface area contributed by atoms with Gasteiger partial charge in [-0.1, -0.05) is 86.9 Å². The van der Waals surface area contributed by atoms with E-state index in [0.29, 0.717) is 41.1 Å². The van der Waals surface area contributed by atoms with Gasteiger partial charge in [-0.25, -0.2) is 0 Å². The lowest BCUT2D eigenvalue weighted by molar-refractivity contribution is 0.000862. The van der Waals surface area contributed by atoms with Crippen LogP contribution in [0.4, 0.5) is 0 Å². The molecule has 4 aromatic rings. The number of rotatable bonds is 18. The lowest BCUT2D eigenvalue weighted by Crippen LogP contribution is -2.45. The predicted octanol–water partition coefficient (Wildman–Crippen LogP) is 15.1. The molecule has 9 nitrogen and oxygen atoms in total. The molecule has 414 valence electrons. The Kier molecular flexibility index (Phi) is 20.6. The number of fused-ring (bicyclic) bond motifs is 8. The van der Waals surface area contributed by atoms with E-state index in [1.807, 2.05) is 43.3 Å². The normalized spacial score (nSPS) is 27.2. The standard InChI is InChI=1S/C33H47NO3.C18H26O.C15H25NO3/c1-6-34(7-2)21-23-8-13-30(31(19-23)36-5)37-17-15-25-9-12-29-32-22(3)18-24-20-26(35)10-11-27(24)28(32)14-16-33(25,29)4;1-4-15-11(2)5-7-17-16-8-6-14(19)10-13(16)9-12(3)18(15)17;1-6-16(7-2)11-12-9-13(17-4)15(19-8-3)14(10-12)18-5/h8,10-11,13,19-20,22,25,28-29,32,35H,6-7,9,12,14-18,21H2,1-5H3;6,8,10-12,15,17-19H,4-5,7,9H2,1-3H3;9-10H,6-8,11H2,1-5H3/t22-,25?,28?,29?,32?,33?;11?,12-,15?,17?,18?;/m11./s1. The molecule has 4 aromatic carbocycles. The zero-order valence-corrected chi connectivity index (χ0v) is 48.7. The van der Waals surface area contributed by atoms with Crippen molar-refractivity contribution in [3.63, 3.8) is 0 Å². The van der Waals surface area contributed by atoms with E-state index in [2.05, 4.69) is 102 Å². The fraction of sp³-hybridized carbons (Fsp3) is 0.636. The Labute approximate surface area is 454 Å².